The minimum atomic E-state index is -0.237. The summed E-state index contributed by atoms with van der Waals surface area (Å²) in [6.07, 6.45) is 0. The van der Waals surface area contributed by atoms with Crippen LogP contribution in [0.1, 0.15) is 0 Å². The third-order valence-corrected chi connectivity index (χ3v) is 1.16. The second-order valence-electron chi connectivity index (χ2n) is 1.78. The van der Waals surface area contributed by atoms with Crippen molar-refractivity contribution in [2.24, 2.45) is 0 Å². The van der Waals surface area contributed by atoms with Crippen LogP contribution in [-0.4, -0.2) is 15.0 Å². The molecular formula is C5H3N3O2. The van der Waals surface area contributed by atoms with Crippen molar-refractivity contribution >= 4 is 5.71 Å². The maximum atomic E-state index is 10.8. The van der Waals surface area contributed by atoms with Gasteiger partial charge in [-0.15, -0.1) is 4.52 Å². The van der Waals surface area contributed by atoms with Gasteiger partial charge in [0.2, 0.25) is 0 Å². The van der Waals surface area contributed by atoms with Gasteiger partial charge in [0.15, 0.2) is 0 Å². The first-order chi connectivity index (χ1) is 4.88. The van der Waals surface area contributed by atoms with Crippen molar-refractivity contribution < 1.29 is 4.52 Å². The minimum absolute atomic E-state index is 0.237. The summed E-state index contributed by atoms with van der Waals surface area (Å²) in [5.41, 5.74) is 0.117. The molecule has 2 rings (SSSR count). The standard InChI is InChI=1S/C5H3N3O2/c9-4-2-1-3-5-8(4)6-7-10-5/h1-3H. The summed E-state index contributed by atoms with van der Waals surface area (Å²) < 4.78 is 5.68. The first-order valence-corrected chi connectivity index (χ1v) is 2.68. The second kappa shape index (κ2) is 1.66. The van der Waals surface area contributed by atoms with Crippen LogP contribution in [0.3, 0.4) is 0 Å². The van der Waals surface area contributed by atoms with Gasteiger partial charge in [0, 0.05) is 12.1 Å². The molecule has 0 aliphatic heterocycles. The smallest absolute Gasteiger partial charge is 0.275 e. The van der Waals surface area contributed by atoms with Crippen LogP contribution in [0.5, 0.6) is 0 Å². The van der Waals surface area contributed by atoms with Gasteiger partial charge in [-0.05, 0) is 5.21 Å². The van der Waals surface area contributed by atoms with Gasteiger partial charge >= 0.3 is 0 Å². The van der Waals surface area contributed by atoms with Crippen LogP contribution >= 0.6 is 0 Å². The Morgan fingerprint density at radius 1 is 1.50 bits per heavy atom. The van der Waals surface area contributed by atoms with Gasteiger partial charge in [-0.25, -0.2) is 0 Å². The Hall–Kier alpha value is -1.65. The molecule has 0 fully saturated rings. The molecule has 0 saturated carbocycles. The number of pyridine rings is 1. The summed E-state index contributed by atoms with van der Waals surface area (Å²) in [4.78, 5) is 10.8. The Balaban J connectivity index is 3.09. The van der Waals surface area contributed by atoms with Gasteiger partial charge in [-0.2, -0.15) is 0 Å². The van der Waals surface area contributed by atoms with E-state index in [2.05, 4.69) is 15.0 Å². The second-order valence-corrected chi connectivity index (χ2v) is 1.78. The molecule has 0 amide bonds. The number of rotatable bonds is 0. The minimum Gasteiger partial charge on any atom is -0.317 e. The van der Waals surface area contributed by atoms with Crippen molar-refractivity contribution in [3.05, 3.63) is 28.6 Å². The zero-order chi connectivity index (χ0) is 6.97. The molecule has 10 heavy (non-hydrogen) atoms. The average molecular weight is 137 g/mol. The molecule has 2 aromatic heterocycles. The van der Waals surface area contributed by atoms with Gasteiger partial charge in [0.25, 0.3) is 11.3 Å². The summed E-state index contributed by atoms with van der Waals surface area (Å²) in [7, 11) is 0. The fourth-order valence-corrected chi connectivity index (χ4v) is 0.716. The maximum Gasteiger partial charge on any atom is 0.275 e. The molecule has 0 atom stereocenters. The summed E-state index contributed by atoms with van der Waals surface area (Å²) >= 11 is 0. The Labute approximate surface area is 54.8 Å². The van der Waals surface area contributed by atoms with Crippen molar-refractivity contribution in [3.63, 3.8) is 0 Å². The molecule has 0 spiro atoms. The molecule has 0 bridgehead atoms. The summed E-state index contributed by atoms with van der Waals surface area (Å²) in [5.74, 6) is 0. The Bertz CT molecular complexity index is 402. The van der Waals surface area contributed by atoms with Crippen molar-refractivity contribution in [2.75, 3.05) is 0 Å². The number of fused-ring (bicyclic) bond motifs is 1. The fourth-order valence-electron chi connectivity index (χ4n) is 0.716. The SMILES string of the molecule is O=c1cccc2onnn12. The lowest BCUT2D eigenvalue weighted by Gasteiger charge is -1.80. The van der Waals surface area contributed by atoms with E-state index in [4.69, 9.17) is 0 Å². The van der Waals surface area contributed by atoms with E-state index < -0.39 is 0 Å². The van der Waals surface area contributed by atoms with Crippen LogP contribution in [-0.2, 0) is 0 Å². The summed E-state index contributed by atoms with van der Waals surface area (Å²) in [6.45, 7) is 0. The van der Waals surface area contributed by atoms with Crippen LogP contribution < -0.4 is 5.56 Å². The van der Waals surface area contributed by atoms with Gasteiger partial charge in [-0.3, -0.25) is 4.79 Å². The molecule has 0 unspecified atom stereocenters. The molecular weight excluding hydrogens is 134 g/mol. The molecule has 0 radical (unpaired) electrons. The third-order valence-electron chi connectivity index (χ3n) is 1.16. The highest BCUT2D eigenvalue weighted by Gasteiger charge is 1.96. The molecule has 2 aromatic rings. The molecule has 0 N–H and O–H groups in total. The van der Waals surface area contributed by atoms with Crippen LogP contribution in [0.4, 0.5) is 0 Å². The molecule has 0 saturated heterocycles. The van der Waals surface area contributed by atoms with Gasteiger partial charge in [0.05, 0.1) is 5.27 Å². The monoisotopic (exact) mass is 137 g/mol. The molecule has 5 nitrogen and oxygen atoms in total. The van der Waals surface area contributed by atoms with Gasteiger partial charge in [0.1, 0.15) is 0 Å². The maximum absolute atomic E-state index is 10.8. The van der Waals surface area contributed by atoms with E-state index in [1.54, 1.807) is 12.1 Å². The van der Waals surface area contributed by atoms with E-state index in [9.17, 15) is 4.79 Å². The van der Waals surface area contributed by atoms with E-state index in [0.29, 0.717) is 5.71 Å². The number of hydrogen-bond donors (Lipinski definition) is 0. The van der Waals surface area contributed by atoms with Crippen molar-refractivity contribution in [1.29, 1.82) is 0 Å². The Morgan fingerprint density at radius 2 is 2.40 bits per heavy atom. The highest BCUT2D eigenvalue weighted by molar-refractivity contribution is 5.29. The van der Waals surface area contributed by atoms with Crippen molar-refractivity contribution in [3.8, 4) is 0 Å². The van der Waals surface area contributed by atoms with Crippen LogP contribution in [0, 0.1) is 0 Å². The summed E-state index contributed by atoms with van der Waals surface area (Å²) in [6, 6.07) is 4.59. The number of nitrogens with zero attached hydrogens (tertiary/aromatic N) is 3. The largest absolute Gasteiger partial charge is 0.317 e. The van der Waals surface area contributed by atoms with Gasteiger partial charge in [-0.1, -0.05) is 6.07 Å². The first-order valence-electron chi connectivity index (χ1n) is 2.68. The molecule has 5 heteroatoms. The van der Waals surface area contributed by atoms with Crippen LogP contribution in [0.25, 0.3) is 5.71 Å². The summed E-state index contributed by atoms with van der Waals surface area (Å²) in [5, 5.41) is 6.61. The highest BCUT2D eigenvalue weighted by atomic mass is 16.5. The fraction of sp³-hybridized carbons (Fsp3) is 0. The molecule has 0 aliphatic rings. The number of hydrogen-bond acceptors (Lipinski definition) is 4. The molecule has 0 aliphatic carbocycles. The number of aromatic nitrogens is 3. The zero-order valence-electron chi connectivity index (χ0n) is 4.89. The lowest BCUT2D eigenvalue weighted by molar-refractivity contribution is 0.423. The Morgan fingerprint density at radius 3 is 3.20 bits per heavy atom. The van der Waals surface area contributed by atoms with E-state index in [1.807, 2.05) is 0 Å². The molecule has 0 aromatic carbocycles. The van der Waals surface area contributed by atoms with E-state index in [1.165, 1.54) is 6.07 Å². The first kappa shape index (κ1) is 5.16. The predicted molar refractivity (Wildman–Crippen MR) is 31.5 cm³/mol. The van der Waals surface area contributed by atoms with Crippen LogP contribution in [0.15, 0.2) is 27.5 Å². The lowest BCUT2D eigenvalue weighted by Crippen LogP contribution is -2.10. The lowest BCUT2D eigenvalue weighted by atomic mass is 10.5. The average Bonchev–Trinajstić information content (AvgIpc) is 2.36. The van der Waals surface area contributed by atoms with Crippen molar-refractivity contribution in [1.82, 2.24) is 15.0 Å². The van der Waals surface area contributed by atoms with E-state index in [-0.39, 0.29) is 5.56 Å². The van der Waals surface area contributed by atoms with E-state index >= 15 is 0 Å². The van der Waals surface area contributed by atoms with Gasteiger partial charge < -0.3 is 4.52 Å². The van der Waals surface area contributed by atoms with Crippen molar-refractivity contribution in [2.45, 2.75) is 0 Å². The third kappa shape index (κ3) is 0.540. The quantitative estimate of drug-likeness (QED) is 0.499. The molecule has 2 heterocycles. The zero-order valence-corrected chi connectivity index (χ0v) is 4.89. The Kier molecular flexibility index (Phi) is 0.858. The normalized spacial score (nSPS) is 10.4. The topological polar surface area (TPSA) is 60.4 Å². The molecule has 50 valence electrons. The highest BCUT2D eigenvalue weighted by Crippen LogP contribution is 1.91. The predicted octanol–water partition coefficient (Wildman–Crippen LogP) is -0.318. The van der Waals surface area contributed by atoms with Crippen LogP contribution in [0.2, 0.25) is 0 Å². The van der Waals surface area contributed by atoms with E-state index in [0.717, 1.165) is 4.52 Å².